The molecule has 3 unspecified atom stereocenters. The number of rotatable bonds is 15. The molecule has 2 aliphatic carbocycles. The van der Waals surface area contributed by atoms with Gasteiger partial charge in [0.05, 0.1) is 18.1 Å². The Morgan fingerprint density at radius 1 is 0.712 bits per heavy atom. The molecule has 3 aromatic rings. The van der Waals surface area contributed by atoms with E-state index < -0.39 is 40.4 Å². The Labute approximate surface area is 435 Å². The van der Waals surface area contributed by atoms with Crippen LogP contribution in [0.3, 0.4) is 0 Å². The first kappa shape index (κ1) is 56.5. The molecule has 0 aromatic heterocycles. The molecule has 4 aliphatic rings. The van der Waals surface area contributed by atoms with Crippen molar-refractivity contribution in [1.29, 1.82) is 0 Å². The molecule has 6 amide bonds. The average Bonchev–Trinajstić information content (AvgIpc) is 3.84. The molecule has 2 aliphatic heterocycles. The van der Waals surface area contributed by atoms with Crippen LogP contribution in [0, 0.1) is 11.3 Å². The van der Waals surface area contributed by atoms with Crippen molar-refractivity contribution < 1.29 is 38.4 Å². The maximum Gasteiger partial charge on any atom is 0.373 e. The molecule has 1 fully saturated rings. The number of thioether (sulfide) groups is 1. The molecule has 0 saturated carbocycles. The second-order valence-electron chi connectivity index (χ2n) is 21.9. The van der Waals surface area contributed by atoms with Crippen LogP contribution in [0.25, 0.3) is 0 Å². The highest BCUT2D eigenvalue weighted by Gasteiger charge is 2.48. The van der Waals surface area contributed by atoms with Crippen molar-refractivity contribution in [2.24, 2.45) is 11.3 Å². The van der Waals surface area contributed by atoms with Crippen LogP contribution < -0.4 is 26.6 Å². The standard InChI is InChI=1S/C56H77N7O6S.CO2/c1-11-33(2)49(64)61-48(56(7,8)70-10)54(69)63-31-39-28-37(26-27-38(39)29-45(63)51(66)58-43-24-16-20-35-18-12-14-22-41(35)43)40-30-46(52(67)59-44-25-17-21-36-19-13-15-23-42(36)44)62(32-40)53(68)47(55(4,5)6)60-50(65)34(3)57-9;2-1-3/h12-15,18-19,22-23,26-28,33-34,40,43-48,57H,11,16-17,20-21,24-25,29-32H2,1-10H3,(H,58,66)(H,59,67)(H,60,65)(H,61,64);/t33-,34+,40?,43?,44?,45+,46+,47-,48-;/m1./s1. The van der Waals surface area contributed by atoms with Crippen LogP contribution in [0.4, 0.5) is 0 Å². The number of amides is 6. The highest BCUT2D eigenvalue weighted by Crippen LogP contribution is 2.39. The molecule has 0 radical (unpaired) electrons. The number of nitrogens with zero attached hydrogens (tertiary/aromatic N) is 2. The van der Waals surface area contributed by atoms with Gasteiger partial charge in [-0.1, -0.05) is 101 Å². The quantitative estimate of drug-likeness (QED) is 0.116. The van der Waals surface area contributed by atoms with E-state index in [4.69, 9.17) is 9.59 Å². The van der Waals surface area contributed by atoms with Gasteiger partial charge in [-0.2, -0.15) is 21.4 Å². The van der Waals surface area contributed by atoms with Gasteiger partial charge in [0.2, 0.25) is 35.4 Å². The lowest BCUT2D eigenvalue weighted by atomic mass is 9.85. The van der Waals surface area contributed by atoms with Crippen LogP contribution in [0.5, 0.6) is 0 Å². The van der Waals surface area contributed by atoms with Crippen molar-refractivity contribution >= 4 is 53.4 Å². The molecule has 16 heteroatoms. The minimum Gasteiger partial charge on any atom is -0.347 e. The van der Waals surface area contributed by atoms with E-state index in [0.717, 1.165) is 66.3 Å². The first-order chi connectivity index (χ1) is 34.7. The van der Waals surface area contributed by atoms with Crippen LogP contribution in [0.2, 0.25) is 0 Å². The number of carbonyl (C=O) groups is 6. The summed E-state index contributed by atoms with van der Waals surface area (Å²) in [6.45, 7) is 15.6. The predicted octanol–water partition coefficient (Wildman–Crippen LogP) is 6.24. The summed E-state index contributed by atoms with van der Waals surface area (Å²) in [5, 5.41) is 15.8. The molecule has 394 valence electrons. The van der Waals surface area contributed by atoms with Crippen LogP contribution in [0.1, 0.15) is 151 Å². The van der Waals surface area contributed by atoms with Gasteiger partial charge in [-0.15, -0.1) is 0 Å². The summed E-state index contributed by atoms with van der Waals surface area (Å²) in [5.74, 6) is -2.19. The Hall–Kier alpha value is -5.83. The second-order valence-corrected chi connectivity index (χ2v) is 23.4. The zero-order chi connectivity index (χ0) is 53.4. The van der Waals surface area contributed by atoms with Gasteiger partial charge in [0, 0.05) is 36.1 Å². The third-order valence-electron chi connectivity index (χ3n) is 15.7. The number of nitrogens with one attached hydrogen (secondary N) is 5. The van der Waals surface area contributed by atoms with Crippen molar-refractivity contribution in [3.05, 3.63) is 106 Å². The number of fused-ring (bicyclic) bond motifs is 3. The molecular weight excluding hydrogens is 943 g/mol. The number of hydrogen-bond acceptors (Lipinski definition) is 10. The summed E-state index contributed by atoms with van der Waals surface area (Å²) in [4.78, 5) is 106. The van der Waals surface area contributed by atoms with E-state index in [1.165, 1.54) is 22.9 Å². The Kier molecular flexibility index (Phi) is 18.9. The van der Waals surface area contributed by atoms with Crippen LogP contribution in [-0.2, 0) is 64.2 Å². The molecule has 3 aromatic carbocycles. The van der Waals surface area contributed by atoms with Gasteiger partial charge in [0.15, 0.2) is 0 Å². The van der Waals surface area contributed by atoms with E-state index in [1.54, 1.807) is 23.8 Å². The average molecular weight is 1020 g/mol. The van der Waals surface area contributed by atoms with Crippen LogP contribution >= 0.6 is 11.8 Å². The van der Waals surface area contributed by atoms with Crippen LogP contribution in [-0.4, -0.2) is 106 Å². The fraction of sp³-hybridized carbons (Fsp3) is 0.561. The van der Waals surface area contributed by atoms with Crippen LogP contribution in [0.15, 0.2) is 66.7 Å². The van der Waals surface area contributed by atoms with E-state index in [9.17, 15) is 24.0 Å². The SMILES string of the molecule is CC[C@@H](C)C(=O)N[C@H](C(=O)N1Cc2cc(C3C[C@@H](C(=O)NC4CCCc5ccccc54)N(C(=O)[C@@H](NC(=O)[C@H](C)NC)C(C)(C)C)C3)ccc2C[C@H]1C(=O)NC1CCCc2ccccc21)C(C)(C)SC.O=C=O. The molecule has 1 saturated heterocycles. The van der Waals surface area contributed by atoms with Gasteiger partial charge in [-0.3, -0.25) is 28.8 Å². The van der Waals surface area contributed by atoms with Crippen molar-refractivity contribution in [1.82, 2.24) is 36.4 Å². The van der Waals surface area contributed by atoms with E-state index in [2.05, 4.69) is 56.9 Å². The monoisotopic (exact) mass is 1020 g/mol. The van der Waals surface area contributed by atoms with E-state index in [0.29, 0.717) is 12.8 Å². The summed E-state index contributed by atoms with van der Waals surface area (Å²) >= 11 is 1.49. The summed E-state index contributed by atoms with van der Waals surface area (Å²) in [6, 6.07) is 18.2. The van der Waals surface area contributed by atoms with Gasteiger partial charge in [0.1, 0.15) is 24.2 Å². The Morgan fingerprint density at radius 3 is 1.78 bits per heavy atom. The zero-order valence-corrected chi connectivity index (χ0v) is 45.2. The number of benzene rings is 3. The molecule has 7 rings (SSSR count). The molecule has 5 N–H and O–H groups in total. The largest absolute Gasteiger partial charge is 0.373 e. The predicted molar refractivity (Wildman–Crippen MR) is 282 cm³/mol. The van der Waals surface area contributed by atoms with E-state index in [1.807, 2.05) is 91.1 Å². The maximum atomic E-state index is 15.3. The van der Waals surface area contributed by atoms with Gasteiger partial charge >= 0.3 is 6.15 Å². The second kappa shape index (κ2) is 24.5. The number of aryl methyl sites for hydroxylation is 2. The molecule has 9 atom stereocenters. The third-order valence-corrected chi connectivity index (χ3v) is 17.0. The number of likely N-dealkylation sites (tertiary alicyclic amines) is 1. The Morgan fingerprint density at radius 2 is 1.25 bits per heavy atom. The molecule has 0 spiro atoms. The number of carbonyl (C=O) groups excluding carboxylic acids is 8. The zero-order valence-electron chi connectivity index (χ0n) is 44.4. The normalized spacial score (nSPS) is 22.0. The molecule has 73 heavy (non-hydrogen) atoms. The maximum absolute atomic E-state index is 15.3. The Balaban J connectivity index is 0.00000283. The topological polar surface area (TPSA) is 203 Å². The van der Waals surface area contributed by atoms with Gasteiger partial charge in [0.25, 0.3) is 0 Å². The first-order valence-electron chi connectivity index (χ1n) is 26.0. The molecular formula is C57H77N7O8S. The van der Waals surface area contributed by atoms with Crippen molar-refractivity contribution in [3.8, 4) is 0 Å². The number of likely N-dealkylation sites (N-methyl/N-ethyl adjacent to an activating group) is 1. The van der Waals surface area contributed by atoms with Crippen molar-refractivity contribution in [2.75, 3.05) is 19.8 Å². The lowest BCUT2D eigenvalue weighted by Gasteiger charge is -2.42. The van der Waals surface area contributed by atoms with Gasteiger partial charge in [-0.05, 0) is 130 Å². The molecule has 15 nitrogen and oxygen atoms in total. The minimum atomic E-state index is -0.920. The summed E-state index contributed by atoms with van der Waals surface area (Å²) in [6.07, 6.45) is 8.77. The highest BCUT2D eigenvalue weighted by atomic mass is 32.2. The highest BCUT2D eigenvalue weighted by molar-refractivity contribution is 8.00. The van der Waals surface area contributed by atoms with Gasteiger partial charge in [-0.25, -0.2) is 0 Å². The fourth-order valence-corrected chi connectivity index (χ4v) is 11.1. The summed E-state index contributed by atoms with van der Waals surface area (Å²) in [7, 11) is 1.70. The van der Waals surface area contributed by atoms with E-state index in [-0.39, 0.29) is 85.0 Å². The Bertz CT molecular complexity index is 2540. The first-order valence-corrected chi connectivity index (χ1v) is 27.2. The lowest BCUT2D eigenvalue weighted by molar-refractivity contribution is -0.191. The summed E-state index contributed by atoms with van der Waals surface area (Å²) in [5.41, 5.74) is 6.68. The van der Waals surface area contributed by atoms with Crippen molar-refractivity contribution in [2.45, 2.75) is 173 Å². The minimum absolute atomic E-state index is 0.129. The van der Waals surface area contributed by atoms with Crippen molar-refractivity contribution in [3.63, 3.8) is 0 Å². The van der Waals surface area contributed by atoms with Gasteiger partial charge < -0.3 is 36.4 Å². The van der Waals surface area contributed by atoms with E-state index >= 15 is 4.79 Å². The third kappa shape index (κ3) is 13.1. The molecule has 0 bridgehead atoms. The number of hydrogen-bond donors (Lipinski definition) is 5. The smallest absolute Gasteiger partial charge is 0.347 e. The summed E-state index contributed by atoms with van der Waals surface area (Å²) < 4.78 is -0.712. The lowest BCUT2D eigenvalue weighted by Crippen LogP contribution is -2.62. The molecule has 2 heterocycles. The fourth-order valence-electron chi connectivity index (χ4n) is 10.7.